The van der Waals surface area contributed by atoms with Gasteiger partial charge in [0.15, 0.2) is 11.5 Å². The molecule has 5 nitrogen and oxygen atoms in total. The smallest absolute Gasteiger partial charge is 0.164 e. The van der Waals surface area contributed by atoms with Gasteiger partial charge in [0.2, 0.25) is 0 Å². The van der Waals surface area contributed by atoms with E-state index in [1.807, 2.05) is 18.2 Å². The van der Waals surface area contributed by atoms with Crippen LogP contribution in [0.25, 0.3) is 0 Å². The SMILES string of the molecule is CCc1c(CCNCCCCCCNCCc2ccc(N)cc2)ccc(OC)c1OC. The highest BCUT2D eigenvalue weighted by molar-refractivity contribution is 5.51. The van der Waals surface area contributed by atoms with Crippen molar-refractivity contribution in [3.63, 3.8) is 0 Å². The fourth-order valence-electron chi connectivity index (χ4n) is 3.90. The van der Waals surface area contributed by atoms with E-state index in [0.29, 0.717) is 0 Å². The summed E-state index contributed by atoms with van der Waals surface area (Å²) in [4.78, 5) is 0. The number of hydrogen-bond donors (Lipinski definition) is 3. The normalized spacial score (nSPS) is 10.9. The largest absolute Gasteiger partial charge is 0.493 e. The van der Waals surface area contributed by atoms with E-state index in [1.165, 1.54) is 42.4 Å². The number of rotatable bonds is 16. The van der Waals surface area contributed by atoms with Gasteiger partial charge in [-0.05, 0) is 87.6 Å². The van der Waals surface area contributed by atoms with Gasteiger partial charge < -0.3 is 25.8 Å². The minimum Gasteiger partial charge on any atom is -0.493 e. The van der Waals surface area contributed by atoms with Crippen molar-refractivity contribution in [2.45, 2.75) is 51.9 Å². The van der Waals surface area contributed by atoms with Crippen LogP contribution in [-0.2, 0) is 19.3 Å². The Kier molecular flexibility index (Phi) is 11.9. The number of benzene rings is 2. The molecular weight excluding hydrogens is 386 g/mol. The summed E-state index contributed by atoms with van der Waals surface area (Å²) >= 11 is 0. The summed E-state index contributed by atoms with van der Waals surface area (Å²) in [5.41, 5.74) is 10.5. The third-order valence-electron chi connectivity index (χ3n) is 5.70. The molecule has 2 aromatic carbocycles. The van der Waals surface area contributed by atoms with Gasteiger partial charge in [0.05, 0.1) is 14.2 Å². The average molecular weight is 428 g/mol. The number of nitrogens with one attached hydrogen (secondary N) is 2. The monoisotopic (exact) mass is 427 g/mol. The van der Waals surface area contributed by atoms with Gasteiger partial charge in [-0.2, -0.15) is 0 Å². The van der Waals surface area contributed by atoms with Gasteiger partial charge in [0.25, 0.3) is 0 Å². The third kappa shape index (κ3) is 8.80. The lowest BCUT2D eigenvalue weighted by molar-refractivity contribution is 0.351. The minimum atomic E-state index is 0.816. The Balaban J connectivity index is 1.49. The summed E-state index contributed by atoms with van der Waals surface area (Å²) in [5.74, 6) is 1.69. The lowest BCUT2D eigenvalue weighted by Gasteiger charge is -2.16. The van der Waals surface area contributed by atoms with Crippen LogP contribution in [-0.4, -0.2) is 40.4 Å². The molecule has 0 saturated heterocycles. The topological polar surface area (TPSA) is 68.5 Å². The standard InChI is InChI=1S/C26H41N3O2/c1-4-24-22(11-14-25(30-2)26(24)31-3)16-20-29-18-8-6-5-7-17-28-19-15-21-9-12-23(27)13-10-21/h9-14,28-29H,4-8,15-20,27H2,1-3H3. The van der Waals surface area contributed by atoms with E-state index in [1.54, 1.807) is 14.2 Å². The molecule has 0 radical (unpaired) electrons. The molecule has 0 atom stereocenters. The van der Waals surface area contributed by atoms with Gasteiger partial charge in [-0.3, -0.25) is 0 Å². The molecule has 2 aromatic rings. The molecule has 0 aliphatic rings. The quantitative estimate of drug-likeness (QED) is 0.274. The van der Waals surface area contributed by atoms with Crippen molar-refractivity contribution in [3.8, 4) is 11.5 Å². The molecule has 2 rings (SSSR count). The van der Waals surface area contributed by atoms with Crippen LogP contribution in [0.5, 0.6) is 11.5 Å². The van der Waals surface area contributed by atoms with Crippen LogP contribution in [0.1, 0.15) is 49.3 Å². The molecule has 0 spiro atoms. The van der Waals surface area contributed by atoms with Crippen LogP contribution in [0.15, 0.2) is 36.4 Å². The molecule has 0 aromatic heterocycles. The average Bonchev–Trinajstić information content (AvgIpc) is 2.80. The van der Waals surface area contributed by atoms with Crippen LogP contribution in [0.2, 0.25) is 0 Å². The van der Waals surface area contributed by atoms with E-state index in [2.05, 4.69) is 35.8 Å². The first kappa shape index (κ1) is 25.0. The van der Waals surface area contributed by atoms with Crippen LogP contribution < -0.4 is 25.8 Å². The zero-order valence-electron chi connectivity index (χ0n) is 19.6. The van der Waals surface area contributed by atoms with Crippen LogP contribution in [0, 0.1) is 0 Å². The number of anilines is 1. The van der Waals surface area contributed by atoms with E-state index in [4.69, 9.17) is 15.2 Å². The predicted octanol–water partition coefficient (Wildman–Crippen LogP) is 4.37. The number of hydrogen-bond acceptors (Lipinski definition) is 5. The van der Waals surface area contributed by atoms with Crippen molar-refractivity contribution < 1.29 is 9.47 Å². The van der Waals surface area contributed by atoms with Gasteiger partial charge in [-0.15, -0.1) is 0 Å². The molecule has 5 heteroatoms. The van der Waals surface area contributed by atoms with E-state index >= 15 is 0 Å². The molecule has 4 N–H and O–H groups in total. The Labute approximate surface area is 188 Å². The maximum atomic E-state index is 5.72. The van der Waals surface area contributed by atoms with Gasteiger partial charge in [0, 0.05) is 11.3 Å². The second-order valence-corrected chi connectivity index (χ2v) is 7.95. The second kappa shape index (κ2) is 14.7. The first-order valence-electron chi connectivity index (χ1n) is 11.7. The van der Waals surface area contributed by atoms with E-state index in [0.717, 1.165) is 62.6 Å². The lowest BCUT2D eigenvalue weighted by atomic mass is 10.0. The summed E-state index contributed by atoms with van der Waals surface area (Å²) in [6.07, 6.45) is 8.07. The molecule has 0 bridgehead atoms. The van der Waals surface area contributed by atoms with Crippen molar-refractivity contribution in [3.05, 3.63) is 53.1 Å². The summed E-state index contributed by atoms with van der Waals surface area (Å²) in [7, 11) is 3.41. The Morgan fingerprint density at radius 2 is 1.39 bits per heavy atom. The van der Waals surface area contributed by atoms with Crippen LogP contribution >= 0.6 is 0 Å². The first-order chi connectivity index (χ1) is 15.2. The zero-order valence-corrected chi connectivity index (χ0v) is 19.6. The molecule has 172 valence electrons. The minimum absolute atomic E-state index is 0.816. The van der Waals surface area contributed by atoms with Crippen molar-refractivity contribution in [2.75, 3.05) is 46.1 Å². The van der Waals surface area contributed by atoms with E-state index in [-0.39, 0.29) is 0 Å². The number of nitrogens with two attached hydrogens (primary N) is 1. The maximum absolute atomic E-state index is 5.72. The highest BCUT2D eigenvalue weighted by atomic mass is 16.5. The van der Waals surface area contributed by atoms with Crippen molar-refractivity contribution in [1.29, 1.82) is 0 Å². The molecule has 0 unspecified atom stereocenters. The fourth-order valence-corrected chi connectivity index (χ4v) is 3.90. The maximum Gasteiger partial charge on any atom is 0.164 e. The Morgan fingerprint density at radius 1 is 0.742 bits per heavy atom. The van der Waals surface area contributed by atoms with Crippen molar-refractivity contribution in [1.82, 2.24) is 10.6 Å². The fraction of sp³-hybridized carbons (Fsp3) is 0.538. The Bertz CT molecular complexity index is 747. The number of unbranched alkanes of at least 4 members (excludes halogenated alkanes) is 3. The number of ether oxygens (including phenoxy) is 2. The molecule has 0 heterocycles. The molecule has 31 heavy (non-hydrogen) atoms. The van der Waals surface area contributed by atoms with Gasteiger partial charge in [0.1, 0.15) is 0 Å². The Morgan fingerprint density at radius 3 is 1.97 bits per heavy atom. The predicted molar refractivity (Wildman–Crippen MR) is 131 cm³/mol. The Hall–Kier alpha value is -2.24. The summed E-state index contributed by atoms with van der Waals surface area (Å²) in [6, 6.07) is 12.3. The second-order valence-electron chi connectivity index (χ2n) is 7.95. The zero-order chi connectivity index (χ0) is 22.3. The molecule has 0 saturated carbocycles. The van der Waals surface area contributed by atoms with Crippen molar-refractivity contribution in [2.24, 2.45) is 0 Å². The third-order valence-corrected chi connectivity index (χ3v) is 5.70. The number of methoxy groups -OCH3 is 2. The molecule has 0 aliphatic carbocycles. The number of nitrogen functional groups attached to an aromatic ring is 1. The van der Waals surface area contributed by atoms with Gasteiger partial charge >= 0.3 is 0 Å². The summed E-state index contributed by atoms with van der Waals surface area (Å²) in [5, 5.41) is 7.13. The molecular formula is C26H41N3O2. The van der Waals surface area contributed by atoms with Crippen LogP contribution in [0.4, 0.5) is 5.69 Å². The van der Waals surface area contributed by atoms with Gasteiger partial charge in [-0.1, -0.05) is 38.0 Å². The molecule has 0 fully saturated rings. The summed E-state index contributed by atoms with van der Waals surface area (Å²) in [6.45, 7) is 6.37. The molecule has 0 amide bonds. The summed E-state index contributed by atoms with van der Waals surface area (Å²) < 4.78 is 11.0. The van der Waals surface area contributed by atoms with E-state index in [9.17, 15) is 0 Å². The van der Waals surface area contributed by atoms with Gasteiger partial charge in [-0.25, -0.2) is 0 Å². The lowest BCUT2D eigenvalue weighted by Crippen LogP contribution is -2.20. The highest BCUT2D eigenvalue weighted by Gasteiger charge is 2.12. The first-order valence-corrected chi connectivity index (χ1v) is 11.7. The van der Waals surface area contributed by atoms with Crippen molar-refractivity contribution >= 4 is 5.69 Å². The molecule has 0 aliphatic heterocycles. The van der Waals surface area contributed by atoms with E-state index < -0.39 is 0 Å². The van der Waals surface area contributed by atoms with Crippen LogP contribution in [0.3, 0.4) is 0 Å². The highest BCUT2D eigenvalue weighted by Crippen LogP contribution is 2.33.